The molecule has 17 heavy (non-hydrogen) atoms. The average Bonchev–Trinajstić information content (AvgIpc) is 2.31. The molecule has 1 aromatic carbocycles. The molecule has 0 unspecified atom stereocenters. The third-order valence-electron chi connectivity index (χ3n) is 3.36. The van der Waals surface area contributed by atoms with Gasteiger partial charge in [0, 0.05) is 17.1 Å². The second kappa shape index (κ2) is 5.54. The fourth-order valence-corrected chi connectivity index (χ4v) is 2.44. The number of benzene rings is 1. The van der Waals surface area contributed by atoms with Gasteiger partial charge in [0.15, 0.2) is 0 Å². The van der Waals surface area contributed by atoms with Gasteiger partial charge >= 0.3 is 0 Å². The Morgan fingerprint density at radius 3 is 2.35 bits per heavy atom. The molecule has 0 spiro atoms. The number of rotatable bonds is 2. The number of halogens is 1. The number of nitrogens with zero attached hydrogens (tertiary/aromatic N) is 2. The number of piperidine rings is 1. The van der Waals surface area contributed by atoms with E-state index in [1.165, 1.54) is 19.3 Å². The summed E-state index contributed by atoms with van der Waals surface area (Å²) in [6.07, 6.45) is 5.72. The second-order valence-corrected chi connectivity index (χ2v) is 5.24. The van der Waals surface area contributed by atoms with E-state index in [-0.39, 0.29) is 0 Å². The Labute approximate surface area is 108 Å². The van der Waals surface area contributed by atoms with E-state index in [9.17, 15) is 0 Å². The van der Waals surface area contributed by atoms with Crippen LogP contribution < -0.4 is 0 Å². The highest BCUT2D eigenvalue weighted by Crippen LogP contribution is 2.22. The molecule has 0 amide bonds. The van der Waals surface area contributed by atoms with Crippen LogP contribution >= 0.6 is 11.6 Å². The fourth-order valence-electron chi connectivity index (χ4n) is 2.32. The summed E-state index contributed by atoms with van der Waals surface area (Å²) in [6, 6.07) is 8.86. The van der Waals surface area contributed by atoms with E-state index in [1.54, 1.807) is 0 Å². The molecule has 0 bridgehead atoms. The first-order chi connectivity index (χ1) is 8.16. The van der Waals surface area contributed by atoms with E-state index in [0.717, 1.165) is 10.6 Å². The summed E-state index contributed by atoms with van der Waals surface area (Å²) in [5.74, 6) is 0. The van der Waals surface area contributed by atoms with Gasteiger partial charge in [-0.1, -0.05) is 23.7 Å². The number of hydrogen-bond acceptors (Lipinski definition) is 2. The standard InChI is InChI=1S/C14H19ClN2/c1-11-4-3-5-12(2)17(11)16-10-13-6-8-14(15)9-7-13/h6-12H,3-5H2,1-2H3/b16-10-/t11-,12+. The van der Waals surface area contributed by atoms with Crippen LogP contribution in [-0.2, 0) is 0 Å². The van der Waals surface area contributed by atoms with Crippen LogP contribution in [-0.4, -0.2) is 23.3 Å². The van der Waals surface area contributed by atoms with Gasteiger partial charge in [0.25, 0.3) is 0 Å². The average molecular weight is 251 g/mol. The summed E-state index contributed by atoms with van der Waals surface area (Å²) in [5.41, 5.74) is 1.10. The van der Waals surface area contributed by atoms with Gasteiger partial charge in [0.1, 0.15) is 0 Å². The van der Waals surface area contributed by atoms with Crippen LogP contribution in [0.1, 0.15) is 38.7 Å². The Morgan fingerprint density at radius 2 is 1.76 bits per heavy atom. The molecular formula is C14H19ClN2. The van der Waals surface area contributed by atoms with Crippen LogP contribution in [0.5, 0.6) is 0 Å². The summed E-state index contributed by atoms with van der Waals surface area (Å²) < 4.78 is 0. The molecule has 1 fully saturated rings. The maximum atomic E-state index is 5.85. The highest BCUT2D eigenvalue weighted by atomic mass is 35.5. The minimum atomic E-state index is 0.544. The van der Waals surface area contributed by atoms with Crippen LogP contribution in [0.4, 0.5) is 0 Å². The summed E-state index contributed by atoms with van der Waals surface area (Å²) >= 11 is 5.85. The van der Waals surface area contributed by atoms with Crippen molar-refractivity contribution in [3.63, 3.8) is 0 Å². The third-order valence-corrected chi connectivity index (χ3v) is 3.61. The van der Waals surface area contributed by atoms with E-state index < -0.39 is 0 Å². The van der Waals surface area contributed by atoms with Gasteiger partial charge in [-0.2, -0.15) is 5.10 Å². The highest BCUT2D eigenvalue weighted by molar-refractivity contribution is 6.30. The van der Waals surface area contributed by atoms with Crippen LogP contribution in [0.25, 0.3) is 0 Å². The third kappa shape index (κ3) is 3.22. The lowest BCUT2D eigenvalue weighted by molar-refractivity contribution is 0.109. The molecule has 0 aliphatic carbocycles. The second-order valence-electron chi connectivity index (χ2n) is 4.81. The quantitative estimate of drug-likeness (QED) is 0.726. The first-order valence-electron chi connectivity index (χ1n) is 6.24. The van der Waals surface area contributed by atoms with Crippen molar-refractivity contribution in [2.75, 3.05) is 0 Å². The van der Waals surface area contributed by atoms with Crippen LogP contribution in [0, 0.1) is 0 Å². The molecular weight excluding hydrogens is 232 g/mol. The van der Waals surface area contributed by atoms with Gasteiger partial charge in [0.05, 0.1) is 6.21 Å². The lowest BCUT2D eigenvalue weighted by Gasteiger charge is -2.36. The van der Waals surface area contributed by atoms with E-state index in [2.05, 4.69) is 24.0 Å². The van der Waals surface area contributed by atoms with Crippen LogP contribution in [0.3, 0.4) is 0 Å². The maximum absolute atomic E-state index is 5.85. The molecule has 0 aromatic heterocycles. The van der Waals surface area contributed by atoms with Gasteiger partial charge in [-0.25, -0.2) is 0 Å². The Morgan fingerprint density at radius 1 is 1.18 bits per heavy atom. The van der Waals surface area contributed by atoms with Crippen molar-refractivity contribution in [3.05, 3.63) is 34.9 Å². The molecule has 2 atom stereocenters. The molecule has 0 N–H and O–H groups in total. The highest BCUT2D eigenvalue weighted by Gasteiger charge is 2.22. The predicted molar refractivity (Wildman–Crippen MR) is 73.7 cm³/mol. The van der Waals surface area contributed by atoms with Gasteiger partial charge < -0.3 is 0 Å². The lowest BCUT2D eigenvalue weighted by atomic mass is 10.00. The predicted octanol–water partition coefficient (Wildman–Crippen LogP) is 3.94. The van der Waals surface area contributed by atoms with E-state index >= 15 is 0 Å². The summed E-state index contributed by atoms with van der Waals surface area (Å²) in [4.78, 5) is 0. The largest absolute Gasteiger partial charge is 0.292 e. The van der Waals surface area contributed by atoms with Crippen LogP contribution in [0.2, 0.25) is 5.02 Å². The molecule has 1 saturated heterocycles. The van der Waals surface area contributed by atoms with Crippen molar-refractivity contribution in [1.82, 2.24) is 5.01 Å². The topological polar surface area (TPSA) is 15.6 Å². The molecule has 1 aromatic rings. The first kappa shape index (κ1) is 12.4. The molecule has 1 heterocycles. The Bertz CT molecular complexity index is 376. The molecule has 1 aliphatic rings. The number of hydrazone groups is 1. The van der Waals surface area contributed by atoms with E-state index in [1.807, 2.05) is 30.5 Å². The first-order valence-corrected chi connectivity index (χ1v) is 6.62. The van der Waals surface area contributed by atoms with Crippen molar-refractivity contribution in [2.24, 2.45) is 5.10 Å². The molecule has 92 valence electrons. The Hall–Kier alpha value is -1.02. The number of hydrogen-bond donors (Lipinski definition) is 0. The Kier molecular flexibility index (Phi) is 4.06. The zero-order chi connectivity index (χ0) is 12.3. The Balaban J connectivity index is 2.06. The van der Waals surface area contributed by atoms with E-state index in [0.29, 0.717) is 12.1 Å². The molecule has 1 aliphatic heterocycles. The summed E-state index contributed by atoms with van der Waals surface area (Å²) in [5, 5.41) is 7.60. The van der Waals surface area contributed by atoms with Crippen molar-refractivity contribution >= 4 is 17.8 Å². The van der Waals surface area contributed by atoms with Gasteiger partial charge in [-0.15, -0.1) is 0 Å². The van der Waals surface area contributed by atoms with Crippen molar-refractivity contribution < 1.29 is 0 Å². The minimum absolute atomic E-state index is 0.544. The van der Waals surface area contributed by atoms with Crippen molar-refractivity contribution in [1.29, 1.82) is 0 Å². The molecule has 2 rings (SSSR count). The maximum Gasteiger partial charge on any atom is 0.0543 e. The lowest BCUT2D eigenvalue weighted by Crippen LogP contribution is -2.39. The van der Waals surface area contributed by atoms with Crippen molar-refractivity contribution in [2.45, 2.75) is 45.2 Å². The van der Waals surface area contributed by atoms with Gasteiger partial charge in [-0.05, 0) is 50.8 Å². The zero-order valence-electron chi connectivity index (χ0n) is 10.4. The SMILES string of the molecule is C[C@@H]1CCC[C@H](C)N1/N=C\c1ccc(Cl)cc1. The summed E-state index contributed by atoms with van der Waals surface area (Å²) in [7, 11) is 0. The van der Waals surface area contributed by atoms with E-state index in [4.69, 9.17) is 11.6 Å². The van der Waals surface area contributed by atoms with Crippen molar-refractivity contribution in [3.8, 4) is 0 Å². The normalized spacial score (nSPS) is 25.5. The molecule has 2 nitrogen and oxygen atoms in total. The minimum Gasteiger partial charge on any atom is -0.292 e. The monoisotopic (exact) mass is 250 g/mol. The van der Waals surface area contributed by atoms with Gasteiger partial charge in [0.2, 0.25) is 0 Å². The fraction of sp³-hybridized carbons (Fsp3) is 0.500. The van der Waals surface area contributed by atoms with Gasteiger partial charge in [-0.3, -0.25) is 5.01 Å². The molecule has 0 radical (unpaired) electrons. The van der Waals surface area contributed by atoms with Crippen LogP contribution in [0.15, 0.2) is 29.4 Å². The smallest absolute Gasteiger partial charge is 0.0543 e. The molecule has 3 heteroatoms. The summed E-state index contributed by atoms with van der Waals surface area (Å²) in [6.45, 7) is 4.49. The zero-order valence-corrected chi connectivity index (χ0v) is 11.2. The molecule has 0 saturated carbocycles.